The van der Waals surface area contributed by atoms with Crippen molar-refractivity contribution in [3.8, 4) is 22.6 Å². The molecule has 41 heavy (non-hydrogen) atoms. The highest BCUT2D eigenvalue weighted by molar-refractivity contribution is 6.12. The highest BCUT2D eigenvalue weighted by Gasteiger charge is 2.22. The molecule has 0 fully saturated rings. The second-order valence-electron chi connectivity index (χ2n) is 10.4. The molecule has 1 aromatic heterocycles. The van der Waals surface area contributed by atoms with Crippen molar-refractivity contribution in [3.05, 3.63) is 90.3 Å². The molecule has 3 aromatic carbocycles. The molecule has 0 radical (unpaired) electrons. The summed E-state index contributed by atoms with van der Waals surface area (Å²) in [5.74, 6) is -1.01. The molecule has 0 saturated heterocycles. The van der Waals surface area contributed by atoms with Crippen LogP contribution in [0.3, 0.4) is 0 Å². The van der Waals surface area contributed by atoms with Crippen LogP contribution in [0.1, 0.15) is 43.1 Å². The van der Waals surface area contributed by atoms with Crippen molar-refractivity contribution < 1.29 is 28.2 Å². The third-order valence-electron chi connectivity index (χ3n) is 6.02. The first kappa shape index (κ1) is 29.0. The van der Waals surface area contributed by atoms with E-state index in [4.69, 9.17) is 9.47 Å². The van der Waals surface area contributed by atoms with Gasteiger partial charge in [-0.25, -0.2) is 14.2 Å². The summed E-state index contributed by atoms with van der Waals surface area (Å²) in [6, 6.07) is 14.3. The maximum absolute atomic E-state index is 13.8. The zero-order valence-corrected chi connectivity index (χ0v) is 23.4. The van der Waals surface area contributed by atoms with Gasteiger partial charge >= 0.3 is 6.09 Å². The maximum atomic E-state index is 13.8. The molecule has 0 spiro atoms. The van der Waals surface area contributed by atoms with Gasteiger partial charge < -0.3 is 19.4 Å². The van der Waals surface area contributed by atoms with Crippen LogP contribution >= 0.6 is 0 Å². The largest absolute Gasteiger partial charge is 0.496 e. The molecule has 1 heterocycles. The van der Waals surface area contributed by atoms with E-state index in [9.17, 15) is 18.8 Å². The van der Waals surface area contributed by atoms with E-state index in [-0.39, 0.29) is 11.4 Å². The summed E-state index contributed by atoms with van der Waals surface area (Å²) in [5, 5.41) is 5.39. The number of rotatable bonds is 8. The second kappa shape index (κ2) is 12.0. The third kappa shape index (κ3) is 7.36. The van der Waals surface area contributed by atoms with E-state index in [0.717, 1.165) is 5.69 Å². The van der Waals surface area contributed by atoms with Crippen LogP contribution in [-0.2, 0) is 9.53 Å². The average molecular weight is 559 g/mol. The zero-order valence-electron chi connectivity index (χ0n) is 23.4. The number of imidazole rings is 1. The fraction of sp³-hybridized carbons (Fsp3) is 0.226. The molecule has 2 amide bonds. The molecule has 10 heteroatoms. The lowest BCUT2D eigenvalue weighted by Gasteiger charge is -2.22. The zero-order chi connectivity index (χ0) is 29.7. The lowest BCUT2D eigenvalue weighted by atomic mass is 9.98. The number of Topliss-reactive ketones (excluding diaryl/α,β-unsaturated/α-hetero) is 1. The van der Waals surface area contributed by atoms with Gasteiger partial charge in [-0.2, -0.15) is 0 Å². The number of benzene rings is 3. The highest BCUT2D eigenvalue weighted by Crippen LogP contribution is 2.39. The molecule has 0 atom stereocenters. The number of aryl methyl sites for hydroxylation is 1. The Morgan fingerprint density at radius 3 is 2.39 bits per heavy atom. The van der Waals surface area contributed by atoms with E-state index < -0.39 is 35.6 Å². The Balaban J connectivity index is 1.65. The maximum Gasteiger partial charge on any atom is 0.412 e. The van der Waals surface area contributed by atoms with E-state index in [0.29, 0.717) is 28.0 Å². The number of halogens is 1. The van der Waals surface area contributed by atoms with E-state index in [2.05, 4.69) is 15.6 Å². The number of anilines is 2. The first-order chi connectivity index (χ1) is 19.4. The summed E-state index contributed by atoms with van der Waals surface area (Å²) in [6.07, 6.45) is 3.80. The minimum atomic E-state index is -0.763. The Labute approximate surface area is 237 Å². The summed E-state index contributed by atoms with van der Waals surface area (Å²) in [7, 11) is 1.46. The lowest BCUT2D eigenvalue weighted by molar-refractivity contribution is -0.115. The summed E-state index contributed by atoms with van der Waals surface area (Å²) < 4.78 is 26.5. The standard InChI is InChI=1S/C31H31FN4O5/c1-19-13-21(32)9-10-23(19)24-15-25(26(16-28(24)40-5)35-30(39)41-31(2,3)4)34-29(38)17-27(37)20-7-6-8-22(14-20)36-12-11-33-18-36/h6-16,18H,17H2,1-5H3,(H,34,38)(H,35,39). The number of ketones is 1. The fourth-order valence-corrected chi connectivity index (χ4v) is 4.20. The Hall–Kier alpha value is -4.99. The first-order valence-corrected chi connectivity index (χ1v) is 12.8. The van der Waals surface area contributed by atoms with Crippen LogP contribution in [0.2, 0.25) is 0 Å². The Kier molecular flexibility index (Phi) is 8.51. The van der Waals surface area contributed by atoms with Crippen LogP contribution in [0.4, 0.5) is 20.6 Å². The number of nitrogens with zero attached hydrogens (tertiary/aromatic N) is 2. The van der Waals surface area contributed by atoms with Gasteiger partial charge in [0, 0.05) is 35.3 Å². The molecule has 0 aliphatic heterocycles. The number of hydrogen-bond donors (Lipinski definition) is 2. The van der Waals surface area contributed by atoms with Crippen molar-refractivity contribution >= 4 is 29.2 Å². The molecule has 212 valence electrons. The molecule has 0 bridgehead atoms. The number of aromatic nitrogens is 2. The summed E-state index contributed by atoms with van der Waals surface area (Å²) in [6.45, 7) is 6.93. The van der Waals surface area contributed by atoms with E-state index >= 15 is 0 Å². The molecular weight excluding hydrogens is 527 g/mol. The van der Waals surface area contributed by atoms with Crippen molar-refractivity contribution in [3.63, 3.8) is 0 Å². The van der Waals surface area contributed by atoms with E-state index in [1.165, 1.54) is 25.3 Å². The highest BCUT2D eigenvalue weighted by atomic mass is 19.1. The van der Waals surface area contributed by atoms with Gasteiger partial charge in [0.05, 0.1) is 31.2 Å². The number of ether oxygens (including phenoxy) is 2. The van der Waals surface area contributed by atoms with Gasteiger partial charge in [-0.3, -0.25) is 14.9 Å². The van der Waals surface area contributed by atoms with Crippen LogP contribution in [0.15, 0.2) is 73.3 Å². The number of carbonyl (C=O) groups excluding carboxylic acids is 3. The molecule has 0 aliphatic carbocycles. The fourth-order valence-electron chi connectivity index (χ4n) is 4.20. The molecule has 4 aromatic rings. The Morgan fingerprint density at radius 1 is 0.976 bits per heavy atom. The van der Waals surface area contributed by atoms with Gasteiger partial charge in [-0.1, -0.05) is 18.2 Å². The van der Waals surface area contributed by atoms with Crippen molar-refractivity contribution in [2.24, 2.45) is 0 Å². The van der Waals surface area contributed by atoms with Crippen LogP contribution in [-0.4, -0.2) is 40.0 Å². The van der Waals surface area contributed by atoms with Gasteiger partial charge in [0.25, 0.3) is 0 Å². The molecule has 4 rings (SSSR count). The molecule has 0 aliphatic rings. The van der Waals surface area contributed by atoms with Gasteiger partial charge in [-0.15, -0.1) is 0 Å². The second-order valence-corrected chi connectivity index (χ2v) is 10.4. The summed E-state index contributed by atoms with van der Waals surface area (Å²) in [4.78, 5) is 42.8. The van der Waals surface area contributed by atoms with Crippen molar-refractivity contribution in [2.75, 3.05) is 17.7 Å². The van der Waals surface area contributed by atoms with Gasteiger partial charge in [0.2, 0.25) is 5.91 Å². The molecule has 2 N–H and O–H groups in total. The smallest absolute Gasteiger partial charge is 0.412 e. The van der Waals surface area contributed by atoms with Crippen molar-refractivity contribution in [2.45, 2.75) is 39.7 Å². The van der Waals surface area contributed by atoms with Crippen molar-refractivity contribution in [1.82, 2.24) is 9.55 Å². The van der Waals surface area contributed by atoms with Crippen LogP contribution < -0.4 is 15.4 Å². The van der Waals surface area contributed by atoms with Crippen LogP contribution in [0.5, 0.6) is 5.75 Å². The SMILES string of the molecule is COc1cc(NC(=O)OC(C)(C)C)c(NC(=O)CC(=O)c2cccc(-n3ccnc3)c2)cc1-c1ccc(F)cc1C. The van der Waals surface area contributed by atoms with Gasteiger partial charge in [0.1, 0.15) is 17.2 Å². The molecular formula is C31H31FN4O5. The average Bonchev–Trinajstić information content (AvgIpc) is 3.44. The Morgan fingerprint density at radius 2 is 1.73 bits per heavy atom. The minimum absolute atomic E-state index is 0.197. The number of hydrogen-bond acceptors (Lipinski definition) is 6. The lowest BCUT2D eigenvalue weighted by Crippen LogP contribution is -2.27. The predicted molar refractivity (Wildman–Crippen MR) is 154 cm³/mol. The number of methoxy groups -OCH3 is 1. The molecule has 0 unspecified atom stereocenters. The summed E-state index contributed by atoms with van der Waals surface area (Å²) in [5.41, 5.74) is 2.58. The number of amides is 2. The summed E-state index contributed by atoms with van der Waals surface area (Å²) >= 11 is 0. The van der Waals surface area contributed by atoms with E-state index in [1.807, 2.05) is 6.07 Å². The van der Waals surface area contributed by atoms with Gasteiger partial charge in [0.15, 0.2) is 5.78 Å². The molecule has 9 nitrogen and oxygen atoms in total. The monoisotopic (exact) mass is 558 g/mol. The first-order valence-electron chi connectivity index (χ1n) is 12.8. The predicted octanol–water partition coefficient (Wildman–Crippen LogP) is 6.55. The van der Waals surface area contributed by atoms with Crippen LogP contribution in [0, 0.1) is 12.7 Å². The van der Waals surface area contributed by atoms with E-state index in [1.54, 1.807) is 81.3 Å². The topological polar surface area (TPSA) is 112 Å². The number of nitrogens with one attached hydrogen (secondary N) is 2. The quantitative estimate of drug-likeness (QED) is 0.187. The van der Waals surface area contributed by atoms with Crippen molar-refractivity contribution in [1.29, 1.82) is 0 Å². The minimum Gasteiger partial charge on any atom is -0.496 e. The number of carbonyl (C=O) groups is 3. The normalized spacial score (nSPS) is 11.1. The van der Waals surface area contributed by atoms with Gasteiger partial charge in [-0.05, 0) is 69.2 Å². The Bertz CT molecular complexity index is 1590. The third-order valence-corrected chi connectivity index (χ3v) is 6.02. The van der Waals surface area contributed by atoms with Crippen LogP contribution in [0.25, 0.3) is 16.8 Å². The molecule has 0 saturated carbocycles.